The molecule has 4 aromatic rings. The summed E-state index contributed by atoms with van der Waals surface area (Å²) in [5, 5.41) is 2.03. The highest BCUT2D eigenvalue weighted by Gasteiger charge is 2.22. The minimum absolute atomic E-state index is 0.297. The van der Waals surface area contributed by atoms with Gasteiger partial charge in [0, 0.05) is 29.7 Å². The smallest absolute Gasteiger partial charge is 0.243 e. The molecule has 0 saturated heterocycles. The van der Waals surface area contributed by atoms with Crippen LogP contribution in [0.5, 0.6) is 0 Å². The second kappa shape index (κ2) is 9.65. The number of rotatable bonds is 7. The van der Waals surface area contributed by atoms with Gasteiger partial charge in [0.2, 0.25) is 10.0 Å². The lowest BCUT2D eigenvalue weighted by Gasteiger charge is -2.19. The lowest BCUT2D eigenvalue weighted by Crippen LogP contribution is -2.30. The van der Waals surface area contributed by atoms with Crippen LogP contribution in [-0.4, -0.2) is 30.4 Å². The third-order valence-corrected chi connectivity index (χ3v) is 8.05. The number of hydrogen-bond donors (Lipinski definition) is 0. The molecule has 3 aromatic carbocycles. The Bertz CT molecular complexity index is 1360. The molecule has 0 amide bonds. The van der Waals surface area contributed by atoms with Gasteiger partial charge in [-0.3, -0.25) is 4.57 Å². The van der Waals surface area contributed by atoms with Gasteiger partial charge in [-0.1, -0.05) is 62.4 Å². The van der Waals surface area contributed by atoms with Crippen molar-refractivity contribution in [3.8, 4) is 16.9 Å². The number of hydrogen-bond acceptors (Lipinski definition) is 4. The summed E-state index contributed by atoms with van der Waals surface area (Å²) in [5.41, 5.74) is 3.55. The predicted octanol–water partition coefficient (Wildman–Crippen LogP) is 5.47. The molecule has 0 radical (unpaired) electrons. The summed E-state index contributed by atoms with van der Waals surface area (Å²) in [6.07, 6.45) is 0. The topological polar surface area (TPSA) is 54.7 Å². The van der Waals surface area contributed by atoms with Crippen LogP contribution in [0.1, 0.15) is 13.8 Å². The molecule has 4 rings (SSSR count). The average Bonchev–Trinajstić information content (AvgIpc) is 3.24. The van der Waals surface area contributed by atoms with Gasteiger partial charge in [0.25, 0.3) is 0 Å². The third kappa shape index (κ3) is 4.46. The molecular weight excluding hydrogens is 438 g/mol. The zero-order valence-electron chi connectivity index (χ0n) is 18.0. The van der Waals surface area contributed by atoms with Crippen LogP contribution in [-0.2, 0) is 10.0 Å². The normalized spacial score (nSPS) is 12.4. The standard InChI is InChI=1S/C25H25N3O2S2/c1-3-27(4-2)32(29,30)23-17-11-12-20(18-23)24-19-31-25(26-21-13-7-5-8-14-21)28(24)22-15-9-6-10-16-22/h5-19H,3-4H2,1-2H3. The van der Waals surface area contributed by atoms with E-state index in [0.717, 1.165) is 27.4 Å². The van der Waals surface area contributed by atoms with Crippen molar-refractivity contribution in [3.05, 3.63) is 95.1 Å². The molecule has 7 heteroatoms. The second-order valence-corrected chi connectivity index (χ2v) is 9.91. The summed E-state index contributed by atoms with van der Waals surface area (Å²) in [7, 11) is -3.55. The first-order valence-electron chi connectivity index (χ1n) is 10.5. The number of benzene rings is 3. The van der Waals surface area contributed by atoms with E-state index in [9.17, 15) is 8.42 Å². The first-order valence-corrected chi connectivity index (χ1v) is 12.8. The summed E-state index contributed by atoms with van der Waals surface area (Å²) in [4.78, 5) is 5.96. The fraction of sp³-hybridized carbons (Fsp3) is 0.160. The Morgan fingerprint density at radius 3 is 2.19 bits per heavy atom. The minimum Gasteiger partial charge on any atom is -0.285 e. The summed E-state index contributed by atoms with van der Waals surface area (Å²) >= 11 is 1.53. The molecule has 0 bridgehead atoms. The van der Waals surface area contributed by atoms with E-state index in [0.29, 0.717) is 18.0 Å². The van der Waals surface area contributed by atoms with Crippen molar-refractivity contribution in [2.45, 2.75) is 18.7 Å². The maximum atomic E-state index is 13.1. The summed E-state index contributed by atoms with van der Waals surface area (Å²) in [6.45, 7) is 4.58. The van der Waals surface area contributed by atoms with Crippen LogP contribution in [0.2, 0.25) is 0 Å². The van der Waals surface area contributed by atoms with Crippen molar-refractivity contribution in [2.24, 2.45) is 4.99 Å². The number of thiazole rings is 1. The molecule has 5 nitrogen and oxygen atoms in total. The second-order valence-electron chi connectivity index (χ2n) is 7.14. The molecule has 0 atom stereocenters. The van der Waals surface area contributed by atoms with Crippen molar-refractivity contribution in [1.29, 1.82) is 0 Å². The number of sulfonamides is 1. The molecule has 0 unspecified atom stereocenters. The Hall–Kier alpha value is -3.00. The molecule has 0 spiro atoms. The third-order valence-electron chi connectivity index (χ3n) is 5.18. The molecule has 0 aliphatic heterocycles. The Balaban J connectivity index is 1.90. The largest absolute Gasteiger partial charge is 0.285 e. The Morgan fingerprint density at radius 2 is 1.53 bits per heavy atom. The molecule has 0 saturated carbocycles. The average molecular weight is 464 g/mol. The molecule has 0 aliphatic rings. The molecule has 1 heterocycles. The fourth-order valence-corrected chi connectivity index (χ4v) is 5.99. The van der Waals surface area contributed by atoms with Crippen molar-refractivity contribution < 1.29 is 8.42 Å². The van der Waals surface area contributed by atoms with E-state index >= 15 is 0 Å². The van der Waals surface area contributed by atoms with Crippen molar-refractivity contribution >= 4 is 27.0 Å². The lowest BCUT2D eigenvalue weighted by atomic mass is 10.1. The summed E-state index contributed by atoms with van der Waals surface area (Å²) in [5.74, 6) is 0. The van der Waals surface area contributed by atoms with Crippen LogP contribution >= 0.6 is 11.3 Å². The highest BCUT2D eigenvalue weighted by atomic mass is 32.2. The van der Waals surface area contributed by atoms with Crippen molar-refractivity contribution in [2.75, 3.05) is 13.1 Å². The van der Waals surface area contributed by atoms with Crippen LogP contribution in [0.15, 0.2) is 100 Å². The van der Waals surface area contributed by atoms with Crippen LogP contribution in [0.25, 0.3) is 16.9 Å². The molecule has 164 valence electrons. The fourth-order valence-electron chi connectivity index (χ4n) is 3.56. The first kappa shape index (κ1) is 22.2. The Kier molecular flexibility index (Phi) is 6.69. The number of nitrogens with zero attached hydrogens (tertiary/aromatic N) is 3. The van der Waals surface area contributed by atoms with Crippen LogP contribution in [0, 0.1) is 0 Å². The molecule has 32 heavy (non-hydrogen) atoms. The van der Waals surface area contributed by atoms with E-state index in [4.69, 9.17) is 4.99 Å². The van der Waals surface area contributed by atoms with Gasteiger partial charge in [0.1, 0.15) is 0 Å². The number of aromatic nitrogens is 1. The van der Waals surface area contributed by atoms with E-state index in [1.54, 1.807) is 18.2 Å². The van der Waals surface area contributed by atoms with Gasteiger partial charge in [0.15, 0.2) is 4.80 Å². The minimum atomic E-state index is -3.55. The van der Waals surface area contributed by atoms with E-state index in [1.165, 1.54) is 15.6 Å². The molecular formula is C25H25N3O2S2. The predicted molar refractivity (Wildman–Crippen MR) is 131 cm³/mol. The Labute approximate surface area is 193 Å². The maximum absolute atomic E-state index is 13.1. The summed E-state index contributed by atoms with van der Waals surface area (Å²) < 4.78 is 29.7. The van der Waals surface area contributed by atoms with Crippen LogP contribution in [0.3, 0.4) is 0 Å². The zero-order chi connectivity index (χ0) is 22.6. The molecule has 0 N–H and O–H groups in total. The van der Waals surface area contributed by atoms with Crippen LogP contribution in [0.4, 0.5) is 5.69 Å². The highest BCUT2D eigenvalue weighted by molar-refractivity contribution is 7.89. The zero-order valence-corrected chi connectivity index (χ0v) is 19.7. The Morgan fingerprint density at radius 1 is 0.875 bits per heavy atom. The van der Waals surface area contributed by atoms with E-state index in [-0.39, 0.29) is 0 Å². The SMILES string of the molecule is CCN(CC)S(=O)(=O)c1cccc(-c2csc(=Nc3ccccc3)n2-c2ccccc2)c1. The van der Waals surface area contributed by atoms with Gasteiger partial charge < -0.3 is 0 Å². The van der Waals surface area contributed by atoms with Gasteiger partial charge >= 0.3 is 0 Å². The van der Waals surface area contributed by atoms with Gasteiger partial charge in [-0.25, -0.2) is 13.4 Å². The van der Waals surface area contributed by atoms with E-state index in [2.05, 4.69) is 4.57 Å². The highest BCUT2D eigenvalue weighted by Crippen LogP contribution is 2.27. The quantitative estimate of drug-likeness (QED) is 0.365. The van der Waals surface area contributed by atoms with Crippen molar-refractivity contribution in [1.82, 2.24) is 8.87 Å². The van der Waals surface area contributed by atoms with Crippen LogP contribution < -0.4 is 4.80 Å². The maximum Gasteiger partial charge on any atom is 0.243 e. The van der Waals surface area contributed by atoms with Crippen molar-refractivity contribution in [3.63, 3.8) is 0 Å². The van der Waals surface area contributed by atoms with E-state index in [1.807, 2.05) is 86.0 Å². The number of para-hydroxylation sites is 2. The first-order chi connectivity index (χ1) is 15.5. The lowest BCUT2D eigenvalue weighted by molar-refractivity contribution is 0.445. The molecule has 1 aromatic heterocycles. The van der Waals surface area contributed by atoms with Gasteiger partial charge in [0.05, 0.1) is 16.3 Å². The molecule has 0 fully saturated rings. The monoisotopic (exact) mass is 463 g/mol. The van der Waals surface area contributed by atoms with Gasteiger partial charge in [-0.2, -0.15) is 4.31 Å². The van der Waals surface area contributed by atoms with E-state index < -0.39 is 10.0 Å². The van der Waals surface area contributed by atoms with Gasteiger partial charge in [-0.15, -0.1) is 11.3 Å². The van der Waals surface area contributed by atoms with Gasteiger partial charge in [-0.05, 0) is 36.4 Å². The summed E-state index contributed by atoms with van der Waals surface area (Å²) in [6, 6.07) is 27.0. The molecule has 0 aliphatic carbocycles.